The van der Waals surface area contributed by atoms with Crippen LogP contribution in [-0.4, -0.2) is 38.3 Å². The fourth-order valence-corrected chi connectivity index (χ4v) is 4.64. The average Bonchev–Trinajstić information content (AvgIpc) is 3.15. The van der Waals surface area contributed by atoms with Gasteiger partial charge in [0.15, 0.2) is 5.13 Å². The molecule has 1 saturated carbocycles. The summed E-state index contributed by atoms with van der Waals surface area (Å²) in [5, 5.41) is 4.60. The minimum Gasteiger partial charge on any atom is -0.383 e. The van der Waals surface area contributed by atoms with Gasteiger partial charge in [-0.2, -0.15) is 0 Å². The van der Waals surface area contributed by atoms with E-state index in [1.807, 2.05) is 17.5 Å². The summed E-state index contributed by atoms with van der Waals surface area (Å²) in [5.41, 5.74) is 0.693. The minimum absolute atomic E-state index is 0.693. The van der Waals surface area contributed by atoms with E-state index >= 15 is 0 Å². The van der Waals surface area contributed by atoms with Gasteiger partial charge in [0, 0.05) is 44.4 Å². The van der Waals surface area contributed by atoms with E-state index in [-0.39, 0.29) is 0 Å². The van der Waals surface area contributed by atoms with Crippen molar-refractivity contribution in [2.75, 3.05) is 38.3 Å². The maximum Gasteiger partial charge on any atom is 0.185 e. The molecule has 0 unspecified atom stereocenters. The Morgan fingerprint density at radius 3 is 2.76 bits per heavy atom. The van der Waals surface area contributed by atoms with E-state index in [0.717, 1.165) is 19.7 Å². The van der Waals surface area contributed by atoms with E-state index in [2.05, 4.69) is 15.2 Å². The van der Waals surface area contributed by atoms with E-state index in [1.165, 1.54) is 61.6 Å². The fraction of sp³-hybridized carbons (Fsp3) is 0.812. The zero-order valence-corrected chi connectivity index (χ0v) is 13.9. The largest absolute Gasteiger partial charge is 0.383 e. The van der Waals surface area contributed by atoms with Crippen molar-refractivity contribution in [3.05, 3.63) is 11.1 Å². The van der Waals surface area contributed by atoms with Gasteiger partial charge in [0.05, 0.1) is 6.61 Å². The lowest BCUT2D eigenvalue weighted by Crippen LogP contribution is -2.38. The second-order valence-corrected chi connectivity index (χ2v) is 7.57. The molecule has 2 fully saturated rings. The lowest BCUT2D eigenvalue weighted by Gasteiger charge is -2.39. The SMILES string of the molecule is COCCNCc1cnc(N2CCC3(CCCC3)CC2)s1. The summed E-state index contributed by atoms with van der Waals surface area (Å²) in [4.78, 5) is 8.44. The standard InChI is InChI=1S/C16H27N3OS/c1-20-11-8-17-12-14-13-18-15(21-14)19-9-6-16(7-10-19)4-2-3-5-16/h13,17H,2-12H2,1H3. The van der Waals surface area contributed by atoms with Crippen LogP contribution in [0.15, 0.2) is 6.20 Å². The van der Waals surface area contributed by atoms with Crippen molar-refractivity contribution in [2.24, 2.45) is 5.41 Å². The third-order valence-electron chi connectivity index (χ3n) is 5.08. The van der Waals surface area contributed by atoms with E-state index in [4.69, 9.17) is 4.74 Å². The zero-order chi connectivity index (χ0) is 14.5. The molecule has 1 saturated heterocycles. The van der Waals surface area contributed by atoms with E-state index in [9.17, 15) is 0 Å². The Bertz CT molecular complexity index is 432. The van der Waals surface area contributed by atoms with E-state index in [0.29, 0.717) is 5.41 Å². The number of hydrogen-bond acceptors (Lipinski definition) is 5. The normalized spacial score (nSPS) is 21.3. The summed E-state index contributed by atoms with van der Waals surface area (Å²) in [6.45, 7) is 4.96. The smallest absolute Gasteiger partial charge is 0.185 e. The quantitative estimate of drug-likeness (QED) is 0.820. The maximum atomic E-state index is 5.04. The fourth-order valence-electron chi connectivity index (χ4n) is 3.71. The maximum absolute atomic E-state index is 5.04. The first-order valence-electron chi connectivity index (χ1n) is 8.21. The number of methoxy groups -OCH3 is 1. The summed E-state index contributed by atoms with van der Waals surface area (Å²) >= 11 is 1.84. The van der Waals surface area contributed by atoms with Crippen LogP contribution in [0.5, 0.6) is 0 Å². The van der Waals surface area contributed by atoms with Gasteiger partial charge >= 0.3 is 0 Å². The Morgan fingerprint density at radius 2 is 2.05 bits per heavy atom. The average molecular weight is 309 g/mol. The first kappa shape index (κ1) is 15.3. The van der Waals surface area contributed by atoms with Crippen LogP contribution in [0.3, 0.4) is 0 Å². The van der Waals surface area contributed by atoms with Gasteiger partial charge in [0.25, 0.3) is 0 Å². The molecule has 4 nitrogen and oxygen atoms in total. The van der Waals surface area contributed by atoms with Crippen molar-refractivity contribution in [2.45, 2.75) is 45.1 Å². The van der Waals surface area contributed by atoms with Gasteiger partial charge in [-0.1, -0.05) is 12.8 Å². The zero-order valence-electron chi connectivity index (χ0n) is 13.1. The third kappa shape index (κ3) is 3.76. The molecule has 1 aromatic rings. The molecule has 21 heavy (non-hydrogen) atoms. The number of nitrogens with zero attached hydrogens (tertiary/aromatic N) is 2. The van der Waals surface area contributed by atoms with Crippen molar-refractivity contribution in [1.29, 1.82) is 0 Å². The lowest BCUT2D eigenvalue weighted by molar-refractivity contribution is 0.199. The Balaban J connectivity index is 1.48. The second kappa shape index (κ2) is 7.07. The number of hydrogen-bond donors (Lipinski definition) is 1. The number of piperidine rings is 1. The van der Waals surface area contributed by atoms with Crippen molar-refractivity contribution in [1.82, 2.24) is 10.3 Å². The van der Waals surface area contributed by atoms with Gasteiger partial charge in [-0.15, -0.1) is 11.3 Å². The molecule has 118 valence electrons. The number of nitrogens with one attached hydrogen (secondary N) is 1. The summed E-state index contributed by atoms with van der Waals surface area (Å²) in [6.07, 6.45) is 10.6. The Labute approximate surface area is 131 Å². The van der Waals surface area contributed by atoms with Crippen LogP contribution in [0.4, 0.5) is 5.13 Å². The highest BCUT2D eigenvalue weighted by Gasteiger charge is 2.37. The lowest BCUT2D eigenvalue weighted by atomic mass is 9.77. The van der Waals surface area contributed by atoms with Crippen LogP contribution in [-0.2, 0) is 11.3 Å². The number of rotatable bonds is 6. The van der Waals surface area contributed by atoms with Crippen LogP contribution < -0.4 is 10.2 Å². The number of aromatic nitrogens is 1. The highest BCUT2D eigenvalue weighted by Crippen LogP contribution is 2.46. The number of anilines is 1. The molecule has 0 radical (unpaired) electrons. The minimum atomic E-state index is 0.693. The molecule has 1 aromatic heterocycles. The van der Waals surface area contributed by atoms with Crippen LogP contribution in [0.2, 0.25) is 0 Å². The first-order valence-corrected chi connectivity index (χ1v) is 9.02. The molecular weight excluding hydrogens is 282 g/mol. The van der Waals surface area contributed by atoms with Gasteiger partial charge in [-0.25, -0.2) is 4.98 Å². The van der Waals surface area contributed by atoms with Crippen LogP contribution in [0, 0.1) is 5.41 Å². The number of thiazole rings is 1. The first-order chi connectivity index (χ1) is 10.3. The van der Waals surface area contributed by atoms with Crippen molar-refractivity contribution >= 4 is 16.5 Å². The molecule has 1 N–H and O–H groups in total. The molecule has 3 rings (SSSR count). The molecule has 2 heterocycles. The summed E-state index contributed by atoms with van der Waals surface area (Å²) in [5.74, 6) is 0. The molecule has 0 amide bonds. The van der Waals surface area contributed by atoms with Gasteiger partial charge in [0.1, 0.15) is 0 Å². The Kier molecular flexibility index (Phi) is 5.14. The Morgan fingerprint density at radius 1 is 1.29 bits per heavy atom. The number of ether oxygens (including phenoxy) is 1. The molecule has 0 bridgehead atoms. The van der Waals surface area contributed by atoms with Crippen molar-refractivity contribution in [3.63, 3.8) is 0 Å². The molecular formula is C16H27N3OS. The van der Waals surface area contributed by atoms with Crippen molar-refractivity contribution < 1.29 is 4.74 Å². The molecule has 5 heteroatoms. The van der Waals surface area contributed by atoms with Gasteiger partial charge in [-0.05, 0) is 31.1 Å². The topological polar surface area (TPSA) is 37.4 Å². The Hall–Kier alpha value is -0.650. The van der Waals surface area contributed by atoms with Crippen LogP contribution >= 0.6 is 11.3 Å². The molecule has 1 aliphatic carbocycles. The third-order valence-corrected chi connectivity index (χ3v) is 6.14. The van der Waals surface area contributed by atoms with Gasteiger partial charge in [0.2, 0.25) is 0 Å². The highest BCUT2D eigenvalue weighted by molar-refractivity contribution is 7.15. The van der Waals surface area contributed by atoms with E-state index in [1.54, 1.807) is 7.11 Å². The summed E-state index contributed by atoms with van der Waals surface area (Å²) < 4.78 is 5.04. The van der Waals surface area contributed by atoms with Crippen LogP contribution in [0.1, 0.15) is 43.4 Å². The highest BCUT2D eigenvalue weighted by atomic mass is 32.1. The summed E-state index contributed by atoms with van der Waals surface area (Å²) in [6, 6.07) is 0. The molecule has 0 atom stereocenters. The van der Waals surface area contributed by atoms with Crippen molar-refractivity contribution in [3.8, 4) is 0 Å². The second-order valence-electron chi connectivity index (χ2n) is 6.47. The predicted octanol–water partition coefficient (Wildman–Crippen LogP) is 3.04. The van der Waals surface area contributed by atoms with E-state index < -0.39 is 0 Å². The molecule has 1 spiro atoms. The van der Waals surface area contributed by atoms with Crippen LogP contribution in [0.25, 0.3) is 0 Å². The molecule has 2 aliphatic rings. The summed E-state index contributed by atoms with van der Waals surface area (Å²) in [7, 11) is 1.74. The monoisotopic (exact) mass is 309 g/mol. The predicted molar refractivity (Wildman–Crippen MR) is 88.0 cm³/mol. The van der Waals surface area contributed by atoms with Gasteiger partial charge in [-0.3, -0.25) is 0 Å². The molecule has 1 aliphatic heterocycles. The molecule has 0 aromatic carbocycles. The van der Waals surface area contributed by atoms with Gasteiger partial charge < -0.3 is 15.0 Å².